The largest absolute Gasteiger partial charge is 0.493 e. The first-order valence-electron chi connectivity index (χ1n) is 10.0. The van der Waals surface area contributed by atoms with Crippen LogP contribution in [-0.2, 0) is 14.4 Å². The smallest absolute Gasteiger partial charge is 0.329 e. The third-order valence-corrected chi connectivity index (χ3v) is 5.03. The Labute approximate surface area is 185 Å². The highest BCUT2D eigenvalue weighted by Gasteiger charge is 2.42. The van der Waals surface area contributed by atoms with E-state index in [2.05, 4.69) is 4.84 Å². The van der Waals surface area contributed by atoms with Crippen LogP contribution in [0.4, 0.5) is 0 Å². The van der Waals surface area contributed by atoms with Gasteiger partial charge in [0.1, 0.15) is 0 Å². The number of rotatable bonds is 7. The van der Waals surface area contributed by atoms with Crippen LogP contribution in [0.5, 0.6) is 11.5 Å². The molecule has 1 N–H and O–H groups in total. The summed E-state index contributed by atoms with van der Waals surface area (Å²) in [5, 5.41) is 0. The SMILES string of the molecule is CCOc1cc(C(CC(=O)NOC(C)=O)N2C(=O)c3cccc(C)c3C2=O)ccc1OC. The quantitative estimate of drug-likeness (QED) is 0.520. The number of amides is 3. The van der Waals surface area contributed by atoms with E-state index in [1.54, 1.807) is 43.3 Å². The number of hydroxylamine groups is 1. The molecule has 0 fully saturated rings. The van der Waals surface area contributed by atoms with Crippen molar-refractivity contribution in [3.63, 3.8) is 0 Å². The van der Waals surface area contributed by atoms with Crippen LogP contribution in [0, 0.1) is 6.92 Å². The standard InChI is InChI=1S/C23H24N2O7/c1-5-31-19-11-15(9-10-18(19)30-4)17(12-20(27)24-32-14(3)26)25-22(28)16-8-6-7-13(2)21(16)23(25)29/h6-11,17H,5,12H2,1-4H3,(H,24,27). The molecule has 168 valence electrons. The summed E-state index contributed by atoms with van der Waals surface area (Å²) in [6.45, 7) is 5.06. The molecular weight excluding hydrogens is 416 g/mol. The van der Waals surface area contributed by atoms with Gasteiger partial charge >= 0.3 is 5.97 Å². The Kier molecular flexibility index (Phi) is 6.77. The number of methoxy groups -OCH3 is 1. The lowest BCUT2D eigenvalue weighted by molar-refractivity contribution is -0.156. The fraction of sp³-hybridized carbons (Fsp3) is 0.304. The first-order chi connectivity index (χ1) is 15.3. The predicted molar refractivity (Wildman–Crippen MR) is 113 cm³/mol. The molecule has 0 saturated heterocycles. The highest BCUT2D eigenvalue weighted by Crippen LogP contribution is 2.38. The first kappa shape index (κ1) is 22.8. The summed E-state index contributed by atoms with van der Waals surface area (Å²) >= 11 is 0. The van der Waals surface area contributed by atoms with Crippen LogP contribution >= 0.6 is 0 Å². The molecule has 0 aromatic heterocycles. The van der Waals surface area contributed by atoms with Crippen molar-refractivity contribution < 1.29 is 33.5 Å². The van der Waals surface area contributed by atoms with E-state index in [0.29, 0.717) is 34.8 Å². The molecule has 1 unspecified atom stereocenters. The van der Waals surface area contributed by atoms with Crippen molar-refractivity contribution in [3.8, 4) is 11.5 Å². The van der Waals surface area contributed by atoms with Gasteiger partial charge in [-0.2, -0.15) is 5.48 Å². The van der Waals surface area contributed by atoms with Crippen LogP contribution in [-0.4, -0.2) is 42.3 Å². The van der Waals surface area contributed by atoms with E-state index in [9.17, 15) is 19.2 Å². The Morgan fingerprint density at radius 3 is 2.47 bits per heavy atom. The van der Waals surface area contributed by atoms with E-state index >= 15 is 0 Å². The minimum absolute atomic E-state index is 0.277. The van der Waals surface area contributed by atoms with Gasteiger partial charge in [0.2, 0.25) is 0 Å². The second-order valence-corrected chi connectivity index (χ2v) is 7.16. The normalized spacial score (nSPS) is 13.4. The summed E-state index contributed by atoms with van der Waals surface area (Å²) in [7, 11) is 1.49. The molecule has 0 saturated carbocycles. The van der Waals surface area contributed by atoms with Gasteiger partial charge < -0.3 is 14.3 Å². The average Bonchev–Trinajstić information content (AvgIpc) is 3.02. The van der Waals surface area contributed by atoms with Gasteiger partial charge in [-0.1, -0.05) is 18.2 Å². The van der Waals surface area contributed by atoms with Crippen LogP contribution in [0.3, 0.4) is 0 Å². The molecule has 1 atom stereocenters. The zero-order valence-electron chi connectivity index (χ0n) is 18.3. The summed E-state index contributed by atoms with van der Waals surface area (Å²) in [5.41, 5.74) is 3.77. The average molecular weight is 440 g/mol. The second-order valence-electron chi connectivity index (χ2n) is 7.16. The van der Waals surface area contributed by atoms with E-state index in [-0.39, 0.29) is 12.0 Å². The maximum atomic E-state index is 13.3. The Bertz CT molecular complexity index is 1080. The van der Waals surface area contributed by atoms with E-state index in [0.717, 1.165) is 11.8 Å². The highest BCUT2D eigenvalue weighted by atomic mass is 16.7. The molecule has 9 heteroatoms. The molecule has 1 aliphatic rings. The zero-order chi connectivity index (χ0) is 23.4. The monoisotopic (exact) mass is 440 g/mol. The Balaban J connectivity index is 2.04. The van der Waals surface area contributed by atoms with Crippen molar-refractivity contribution in [1.29, 1.82) is 0 Å². The maximum absolute atomic E-state index is 13.3. The van der Waals surface area contributed by atoms with Gasteiger partial charge in [0.05, 0.1) is 37.3 Å². The fourth-order valence-corrected chi connectivity index (χ4v) is 3.63. The molecule has 9 nitrogen and oxygen atoms in total. The third-order valence-electron chi connectivity index (χ3n) is 5.03. The lowest BCUT2D eigenvalue weighted by atomic mass is 10.0. The molecular formula is C23H24N2O7. The van der Waals surface area contributed by atoms with E-state index in [4.69, 9.17) is 9.47 Å². The summed E-state index contributed by atoms with van der Waals surface area (Å²) in [6.07, 6.45) is -0.324. The summed E-state index contributed by atoms with van der Waals surface area (Å²) in [5.74, 6) is -1.50. The number of nitrogens with one attached hydrogen (secondary N) is 1. The molecule has 1 heterocycles. The van der Waals surface area contributed by atoms with Gasteiger partial charge in [-0.15, -0.1) is 0 Å². The summed E-state index contributed by atoms with van der Waals surface area (Å²) < 4.78 is 10.9. The zero-order valence-corrected chi connectivity index (χ0v) is 18.3. The number of imide groups is 1. The van der Waals surface area contributed by atoms with Crippen LogP contribution in [0.1, 0.15) is 58.2 Å². The number of fused-ring (bicyclic) bond motifs is 1. The first-order valence-corrected chi connectivity index (χ1v) is 10.0. The predicted octanol–water partition coefficient (Wildman–Crippen LogP) is 2.72. The number of hydrogen-bond donors (Lipinski definition) is 1. The molecule has 0 bridgehead atoms. The lowest BCUT2D eigenvalue weighted by Gasteiger charge is -2.27. The van der Waals surface area contributed by atoms with Gasteiger partial charge in [-0.05, 0) is 43.2 Å². The lowest BCUT2D eigenvalue weighted by Crippen LogP contribution is -2.38. The van der Waals surface area contributed by atoms with E-state index < -0.39 is 29.7 Å². The molecule has 2 aromatic rings. The van der Waals surface area contributed by atoms with Gasteiger partial charge in [0.15, 0.2) is 11.5 Å². The second kappa shape index (κ2) is 9.51. The van der Waals surface area contributed by atoms with Gasteiger partial charge in [-0.25, -0.2) is 0 Å². The third kappa shape index (κ3) is 4.41. The van der Waals surface area contributed by atoms with Gasteiger partial charge in [0.25, 0.3) is 17.7 Å². The number of ether oxygens (including phenoxy) is 2. The van der Waals surface area contributed by atoms with Crippen LogP contribution in [0.15, 0.2) is 36.4 Å². The van der Waals surface area contributed by atoms with Crippen molar-refractivity contribution in [3.05, 3.63) is 58.7 Å². The molecule has 3 amide bonds. The molecule has 0 radical (unpaired) electrons. The van der Waals surface area contributed by atoms with Gasteiger partial charge in [0, 0.05) is 6.92 Å². The molecule has 2 aromatic carbocycles. The van der Waals surface area contributed by atoms with Crippen molar-refractivity contribution in [2.45, 2.75) is 33.2 Å². The summed E-state index contributed by atoms with van der Waals surface area (Å²) in [4.78, 5) is 55.6. The molecule has 1 aliphatic heterocycles. The highest BCUT2D eigenvalue weighted by molar-refractivity contribution is 6.22. The Morgan fingerprint density at radius 2 is 1.84 bits per heavy atom. The van der Waals surface area contributed by atoms with Crippen molar-refractivity contribution in [1.82, 2.24) is 10.4 Å². The van der Waals surface area contributed by atoms with E-state index in [1.807, 2.05) is 12.4 Å². The molecule has 3 rings (SSSR count). The van der Waals surface area contributed by atoms with Crippen molar-refractivity contribution >= 4 is 23.7 Å². The minimum atomic E-state index is -0.970. The Hall–Kier alpha value is -3.88. The fourth-order valence-electron chi connectivity index (χ4n) is 3.63. The minimum Gasteiger partial charge on any atom is -0.493 e. The molecule has 32 heavy (non-hydrogen) atoms. The maximum Gasteiger partial charge on any atom is 0.329 e. The van der Waals surface area contributed by atoms with E-state index in [1.165, 1.54) is 7.11 Å². The van der Waals surface area contributed by atoms with Crippen molar-refractivity contribution in [2.75, 3.05) is 13.7 Å². The number of benzene rings is 2. The molecule has 0 aliphatic carbocycles. The number of carbonyl (C=O) groups is 4. The number of carbonyl (C=O) groups excluding carboxylic acids is 4. The van der Waals surface area contributed by atoms with Crippen LogP contribution < -0.4 is 15.0 Å². The summed E-state index contributed by atoms with van der Waals surface area (Å²) in [6, 6.07) is 8.98. The van der Waals surface area contributed by atoms with Gasteiger partial charge in [-0.3, -0.25) is 24.1 Å². The van der Waals surface area contributed by atoms with Crippen molar-refractivity contribution in [2.24, 2.45) is 0 Å². The number of nitrogens with zero attached hydrogens (tertiary/aromatic N) is 1. The number of hydrogen-bond acceptors (Lipinski definition) is 7. The topological polar surface area (TPSA) is 111 Å². The number of aryl methyl sites for hydroxylation is 1. The Morgan fingerprint density at radius 1 is 1.09 bits per heavy atom. The molecule has 0 spiro atoms. The van der Waals surface area contributed by atoms with Crippen LogP contribution in [0.2, 0.25) is 0 Å². The van der Waals surface area contributed by atoms with Crippen LogP contribution in [0.25, 0.3) is 0 Å².